The van der Waals surface area contributed by atoms with Crippen molar-refractivity contribution in [3.8, 4) is 0 Å². The summed E-state index contributed by atoms with van der Waals surface area (Å²) in [4.78, 5) is 61.8. The molecular weight excluding hydrogens is 518 g/mol. The summed E-state index contributed by atoms with van der Waals surface area (Å²) in [5.41, 5.74) is 5.17. The molecule has 3 aromatic rings. The maximum Gasteiger partial charge on any atom is 0.419 e. The predicted molar refractivity (Wildman–Crippen MR) is 149 cm³/mol. The van der Waals surface area contributed by atoms with Crippen LogP contribution in [0.15, 0.2) is 65.7 Å². The number of rotatable bonds is 9. The number of methoxy groups -OCH3 is 1. The van der Waals surface area contributed by atoms with Crippen molar-refractivity contribution in [2.24, 2.45) is 5.73 Å². The van der Waals surface area contributed by atoms with E-state index in [1.54, 1.807) is 51.4 Å². The number of carbonyl (C=O) groups excluding carboxylic acids is 4. The highest BCUT2D eigenvalue weighted by atomic mass is 16.6. The monoisotopic (exact) mass is 551 g/mol. The molecule has 0 saturated carbocycles. The highest BCUT2D eigenvalue weighted by Gasteiger charge is 2.23. The lowest BCUT2D eigenvalue weighted by atomic mass is 10.1. The van der Waals surface area contributed by atoms with E-state index in [9.17, 15) is 24.0 Å². The summed E-state index contributed by atoms with van der Waals surface area (Å²) in [5, 5.41) is 5.78. The molecule has 1 atom stereocenters. The van der Waals surface area contributed by atoms with Crippen LogP contribution in [-0.2, 0) is 25.6 Å². The minimum Gasteiger partial charge on any atom is -0.453 e. The zero-order valence-corrected chi connectivity index (χ0v) is 22.8. The molecule has 1 aromatic carbocycles. The van der Waals surface area contributed by atoms with E-state index in [0.29, 0.717) is 11.1 Å². The number of carbonyl (C=O) groups is 4. The molecule has 2 heterocycles. The molecule has 40 heavy (non-hydrogen) atoms. The Balaban J connectivity index is 1.86. The number of amides is 3. The molecule has 3 rings (SSSR count). The number of anilines is 1. The minimum atomic E-state index is -1.05. The number of nitrogens with two attached hydrogens (primary N) is 1. The third kappa shape index (κ3) is 7.82. The Morgan fingerprint density at radius 2 is 1.82 bits per heavy atom. The van der Waals surface area contributed by atoms with Gasteiger partial charge >= 0.3 is 12.2 Å². The molecule has 12 nitrogen and oxygen atoms in total. The van der Waals surface area contributed by atoms with E-state index in [2.05, 4.69) is 15.4 Å². The number of para-hydroxylation sites is 1. The average Bonchev–Trinajstić information content (AvgIpc) is 3.32. The Morgan fingerprint density at radius 3 is 2.50 bits per heavy atom. The van der Waals surface area contributed by atoms with Gasteiger partial charge in [-0.25, -0.2) is 9.59 Å². The number of fused-ring (bicyclic) bond motifs is 1. The first-order valence-electron chi connectivity index (χ1n) is 12.5. The molecule has 0 spiro atoms. The van der Waals surface area contributed by atoms with Crippen LogP contribution in [0, 0.1) is 0 Å². The van der Waals surface area contributed by atoms with Crippen LogP contribution in [-0.4, -0.2) is 51.9 Å². The molecule has 0 aliphatic rings. The van der Waals surface area contributed by atoms with E-state index < -0.39 is 41.2 Å². The van der Waals surface area contributed by atoms with Crippen LogP contribution < -0.4 is 21.9 Å². The summed E-state index contributed by atoms with van der Waals surface area (Å²) in [7, 11) is 1.16. The largest absolute Gasteiger partial charge is 0.453 e. The van der Waals surface area contributed by atoms with Crippen LogP contribution in [0.2, 0.25) is 0 Å². The lowest BCUT2D eigenvalue weighted by Crippen LogP contribution is -2.44. The van der Waals surface area contributed by atoms with Crippen molar-refractivity contribution in [1.82, 2.24) is 14.5 Å². The topological polar surface area (TPSA) is 164 Å². The molecule has 0 radical (unpaired) electrons. The second-order valence-electron chi connectivity index (χ2n) is 9.94. The highest BCUT2D eigenvalue weighted by Crippen LogP contribution is 2.23. The SMILES string of the molecule is COC(=O)N[C@@H](CC/C=C/C(N)=O)C(=O)Nc1cccn(Cc2cccc3ccn(C(=O)OC(C)(C)C)c23)c1=O. The molecule has 212 valence electrons. The van der Waals surface area contributed by atoms with Gasteiger partial charge < -0.3 is 30.4 Å². The fraction of sp³-hybridized carbons (Fsp3) is 0.321. The summed E-state index contributed by atoms with van der Waals surface area (Å²) in [6, 6.07) is 9.26. The first-order chi connectivity index (χ1) is 18.9. The third-order valence-electron chi connectivity index (χ3n) is 5.70. The maximum absolute atomic E-state index is 13.3. The van der Waals surface area contributed by atoms with Crippen molar-refractivity contribution in [3.05, 3.63) is 76.9 Å². The van der Waals surface area contributed by atoms with Gasteiger partial charge in [0.1, 0.15) is 17.3 Å². The summed E-state index contributed by atoms with van der Waals surface area (Å²) in [5.74, 6) is -1.28. The summed E-state index contributed by atoms with van der Waals surface area (Å²) in [6.45, 7) is 5.44. The van der Waals surface area contributed by atoms with E-state index >= 15 is 0 Å². The van der Waals surface area contributed by atoms with Gasteiger partial charge in [0.2, 0.25) is 11.8 Å². The lowest BCUT2D eigenvalue weighted by Gasteiger charge is -2.20. The molecule has 0 aliphatic carbocycles. The molecule has 4 N–H and O–H groups in total. The highest BCUT2D eigenvalue weighted by molar-refractivity contribution is 5.96. The zero-order valence-electron chi connectivity index (χ0n) is 22.8. The molecule has 0 aliphatic heterocycles. The van der Waals surface area contributed by atoms with Crippen molar-refractivity contribution in [2.75, 3.05) is 12.4 Å². The quantitative estimate of drug-likeness (QED) is 0.344. The predicted octanol–water partition coefficient (Wildman–Crippen LogP) is 3.12. The molecule has 2 aromatic heterocycles. The van der Waals surface area contributed by atoms with E-state index in [4.69, 9.17) is 10.5 Å². The number of nitrogens with one attached hydrogen (secondary N) is 2. The Bertz CT molecular complexity index is 1500. The number of ether oxygens (including phenoxy) is 2. The number of benzene rings is 1. The van der Waals surface area contributed by atoms with E-state index in [-0.39, 0.29) is 25.1 Å². The van der Waals surface area contributed by atoms with Crippen molar-refractivity contribution >= 4 is 40.6 Å². The number of hydrogen-bond acceptors (Lipinski definition) is 7. The fourth-order valence-corrected chi connectivity index (χ4v) is 3.95. The van der Waals surface area contributed by atoms with Gasteiger partial charge in [-0.2, -0.15) is 0 Å². The minimum absolute atomic E-state index is 0.00783. The Kier molecular flexibility index (Phi) is 9.49. The molecular formula is C28H33N5O7. The first kappa shape index (κ1) is 29.7. The molecule has 0 bridgehead atoms. The lowest BCUT2D eigenvalue weighted by molar-refractivity contribution is -0.118. The van der Waals surface area contributed by atoms with Crippen LogP contribution in [0.25, 0.3) is 10.9 Å². The number of pyridine rings is 1. The van der Waals surface area contributed by atoms with Crippen LogP contribution in [0.3, 0.4) is 0 Å². The summed E-state index contributed by atoms with van der Waals surface area (Å²) >= 11 is 0. The molecule has 12 heteroatoms. The molecule has 0 unspecified atom stereocenters. The Hall–Kier alpha value is -4.87. The second-order valence-corrected chi connectivity index (χ2v) is 9.94. The molecule has 3 amide bonds. The van der Waals surface area contributed by atoms with Gasteiger partial charge in [0, 0.05) is 17.8 Å². The van der Waals surface area contributed by atoms with Gasteiger partial charge in [0.15, 0.2) is 0 Å². The third-order valence-corrected chi connectivity index (χ3v) is 5.70. The van der Waals surface area contributed by atoms with Crippen molar-refractivity contribution in [3.63, 3.8) is 0 Å². The number of hydrogen-bond donors (Lipinski definition) is 3. The number of alkyl carbamates (subject to hydrolysis) is 1. The van der Waals surface area contributed by atoms with Crippen molar-refractivity contribution in [1.29, 1.82) is 0 Å². The van der Waals surface area contributed by atoms with Gasteiger partial charge in [-0.1, -0.05) is 24.3 Å². The Morgan fingerprint density at radius 1 is 1.07 bits per heavy atom. The average molecular weight is 552 g/mol. The van der Waals surface area contributed by atoms with Gasteiger partial charge in [-0.15, -0.1) is 0 Å². The number of allylic oxidation sites excluding steroid dienone is 1. The summed E-state index contributed by atoms with van der Waals surface area (Å²) in [6.07, 6.45) is 4.82. The number of primary amides is 1. The number of nitrogens with zero attached hydrogens (tertiary/aromatic N) is 2. The molecule has 0 fully saturated rings. The van der Waals surface area contributed by atoms with Crippen molar-refractivity contribution in [2.45, 2.75) is 51.8 Å². The maximum atomic E-state index is 13.3. The first-order valence-corrected chi connectivity index (χ1v) is 12.5. The van der Waals surface area contributed by atoms with Gasteiger partial charge in [-0.05, 0) is 63.5 Å². The van der Waals surface area contributed by atoms with Gasteiger partial charge in [0.25, 0.3) is 5.56 Å². The van der Waals surface area contributed by atoms with Crippen molar-refractivity contribution < 1.29 is 28.7 Å². The van der Waals surface area contributed by atoms with Crippen LogP contribution >= 0.6 is 0 Å². The number of aromatic nitrogens is 2. The van der Waals surface area contributed by atoms with Gasteiger partial charge in [0.05, 0.1) is 19.2 Å². The van der Waals surface area contributed by atoms with Crippen LogP contribution in [0.5, 0.6) is 0 Å². The fourth-order valence-electron chi connectivity index (χ4n) is 3.95. The smallest absolute Gasteiger partial charge is 0.419 e. The van der Waals surface area contributed by atoms with Crippen LogP contribution in [0.4, 0.5) is 15.3 Å². The Labute approximate surface area is 230 Å². The standard InChI is InChI=1S/C28H33N5O7/c1-28(2,3)40-27(38)33-16-14-18-9-7-10-19(23(18)33)17-32-15-8-12-21(25(32)36)30-24(35)20(31-26(37)39-4)11-5-6-13-22(29)34/h6-10,12-16,20H,5,11,17H2,1-4H3,(H2,29,34)(H,30,35)(H,31,37)/b13-6+/t20-/m0/s1. The zero-order chi connectivity index (χ0) is 29.4. The molecule has 0 saturated heterocycles. The summed E-state index contributed by atoms with van der Waals surface area (Å²) < 4.78 is 12.9. The second kappa shape index (κ2) is 12.8. The van der Waals surface area contributed by atoms with E-state index in [1.165, 1.54) is 21.3 Å². The normalized spacial score (nSPS) is 12.2. The van der Waals surface area contributed by atoms with Crippen LogP contribution in [0.1, 0.15) is 39.2 Å². The van der Waals surface area contributed by atoms with E-state index in [0.717, 1.165) is 18.6 Å². The van der Waals surface area contributed by atoms with Gasteiger partial charge in [-0.3, -0.25) is 19.0 Å². The van der Waals surface area contributed by atoms with E-state index in [1.807, 2.05) is 12.1 Å².